The van der Waals surface area contributed by atoms with Gasteiger partial charge in [0, 0.05) is 30.2 Å². The second kappa shape index (κ2) is 13.3. The van der Waals surface area contributed by atoms with Crippen molar-refractivity contribution in [3.05, 3.63) is 108 Å². The summed E-state index contributed by atoms with van der Waals surface area (Å²) in [6, 6.07) is 29.7. The Morgan fingerprint density at radius 2 is 1.47 bits per heavy atom. The normalized spacial score (nSPS) is 14.9. The highest BCUT2D eigenvalue weighted by atomic mass is 16.7. The van der Waals surface area contributed by atoms with Crippen LogP contribution in [0.2, 0.25) is 0 Å². The molecule has 1 atom stereocenters. The van der Waals surface area contributed by atoms with E-state index >= 15 is 0 Å². The molecule has 3 aliphatic rings. The van der Waals surface area contributed by atoms with Gasteiger partial charge in [0.05, 0.1) is 0 Å². The van der Waals surface area contributed by atoms with Crippen LogP contribution in [-0.4, -0.2) is 66.5 Å². The van der Waals surface area contributed by atoms with Gasteiger partial charge in [-0.05, 0) is 29.7 Å². The number of nitrogens with zero attached hydrogens (tertiary/aromatic N) is 2. The minimum atomic E-state index is -1.73. The smallest absolute Gasteiger partial charge is 0.408 e. The Morgan fingerprint density at radius 1 is 0.851 bits per heavy atom. The molecule has 11 heteroatoms. The number of likely N-dealkylation sites (N-methyl/N-ethyl adjacent to an activating group) is 1. The van der Waals surface area contributed by atoms with Crippen LogP contribution in [0.25, 0.3) is 22.3 Å². The summed E-state index contributed by atoms with van der Waals surface area (Å²) in [5, 5.41) is 2.68. The second-order valence-corrected chi connectivity index (χ2v) is 11.5. The third-order valence-electron chi connectivity index (χ3n) is 8.00. The number of ether oxygens (including phenoxy) is 4. The van der Waals surface area contributed by atoms with Crippen LogP contribution in [0.1, 0.15) is 18.1 Å². The first-order chi connectivity index (χ1) is 22.7. The molecule has 0 saturated carbocycles. The summed E-state index contributed by atoms with van der Waals surface area (Å²) in [6.45, 7) is 0.650. The van der Waals surface area contributed by atoms with Crippen LogP contribution in [0.15, 0.2) is 97.1 Å². The van der Waals surface area contributed by atoms with Crippen molar-refractivity contribution in [2.24, 2.45) is 0 Å². The van der Waals surface area contributed by atoms with E-state index in [1.54, 1.807) is 6.07 Å². The fourth-order valence-electron chi connectivity index (χ4n) is 5.64. The van der Waals surface area contributed by atoms with Gasteiger partial charge < -0.3 is 29.2 Å². The summed E-state index contributed by atoms with van der Waals surface area (Å²) in [6.07, 6.45) is -0.964. The van der Waals surface area contributed by atoms with Crippen molar-refractivity contribution in [1.82, 2.24) is 15.1 Å². The van der Waals surface area contributed by atoms with E-state index in [9.17, 15) is 19.2 Å². The zero-order valence-corrected chi connectivity index (χ0v) is 25.9. The minimum Gasteiger partial charge on any atom is -0.457 e. The molecule has 3 heterocycles. The van der Waals surface area contributed by atoms with Gasteiger partial charge in [-0.2, -0.15) is 0 Å². The lowest BCUT2D eigenvalue weighted by Gasteiger charge is -2.30. The van der Waals surface area contributed by atoms with Crippen LogP contribution < -0.4 is 14.8 Å². The zero-order chi connectivity index (χ0) is 33.0. The maximum absolute atomic E-state index is 13.8. The molecule has 1 N–H and O–H groups in total. The van der Waals surface area contributed by atoms with Crippen LogP contribution in [0, 0.1) is 0 Å². The average molecular weight is 636 g/mol. The van der Waals surface area contributed by atoms with E-state index in [0.29, 0.717) is 17.1 Å². The van der Waals surface area contributed by atoms with Crippen LogP contribution in [-0.2, 0) is 32.1 Å². The van der Waals surface area contributed by atoms with Crippen LogP contribution in [0.3, 0.4) is 0 Å². The van der Waals surface area contributed by atoms with Crippen LogP contribution in [0.4, 0.5) is 9.59 Å². The third-order valence-corrected chi connectivity index (χ3v) is 8.00. The first kappa shape index (κ1) is 31.2. The zero-order valence-electron chi connectivity index (χ0n) is 25.9. The molecule has 1 saturated heterocycles. The number of hydrogen-bond donors (Lipinski definition) is 1. The Bertz CT molecular complexity index is 1800. The molecule has 7 rings (SSSR count). The van der Waals surface area contributed by atoms with Gasteiger partial charge in [0.1, 0.15) is 30.2 Å². The highest BCUT2D eigenvalue weighted by molar-refractivity contribution is 6.02. The number of urea groups is 1. The second-order valence-electron chi connectivity index (χ2n) is 11.5. The largest absolute Gasteiger partial charge is 0.457 e. The highest BCUT2D eigenvalue weighted by Gasteiger charge is 2.42. The quantitative estimate of drug-likeness (QED) is 0.182. The van der Waals surface area contributed by atoms with Crippen molar-refractivity contribution in [1.29, 1.82) is 0 Å². The molecular weight excluding hydrogens is 602 g/mol. The van der Waals surface area contributed by atoms with E-state index in [2.05, 4.69) is 5.32 Å². The molecular formula is C36H33N3O8. The van der Waals surface area contributed by atoms with Gasteiger partial charge in [-0.1, -0.05) is 91.0 Å². The van der Waals surface area contributed by atoms with E-state index in [1.807, 2.05) is 91.0 Å². The van der Waals surface area contributed by atoms with Crippen molar-refractivity contribution < 1.29 is 38.1 Å². The van der Waals surface area contributed by atoms with E-state index in [1.165, 1.54) is 18.9 Å². The molecule has 0 radical (unpaired) electrons. The fourth-order valence-corrected chi connectivity index (χ4v) is 5.64. The summed E-state index contributed by atoms with van der Waals surface area (Å²) in [4.78, 5) is 53.9. The summed E-state index contributed by atoms with van der Waals surface area (Å²) < 4.78 is 23.2. The molecule has 4 aromatic rings. The molecule has 47 heavy (non-hydrogen) atoms. The van der Waals surface area contributed by atoms with Gasteiger partial charge in [0.2, 0.25) is 6.79 Å². The lowest BCUT2D eigenvalue weighted by Crippen LogP contribution is -2.55. The molecule has 0 aromatic heterocycles. The number of esters is 1. The van der Waals surface area contributed by atoms with Gasteiger partial charge in [-0.25, -0.2) is 19.3 Å². The number of carbonyl (C=O) groups is 4. The van der Waals surface area contributed by atoms with Gasteiger partial charge >= 0.3 is 18.1 Å². The molecule has 0 unspecified atom stereocenters. The Morgan fingerprint density at radius 3 is 2.09 bits per heavy atom. The number of benzene rings is 4. The van der Waals surface area contributed by atoms with Gasteiger partial charge in [0.25, 0.3) is 5.91 Å². The van der Waals surface area contributed by atoms with E-state index in [4.69, 9.17) is 18.9 Å². The molecule has 4 amide bonds. The van der Waals surface area contributed by atoms with Crippen LogP contribution >= 0.6 is 0 Å². The molecule has 240 valence electrons. The predicted molar refractivity (Wildman–Crippen MR) is 171 cm³/mol. The average Bonchev–Trinajstić information content (AvgIpc) is 3.24. The number of carbonyl (C=O) groups excluding carboxylic acids is 4. The Labute approximate surface area is 271 Å². The molecule has 11 nitrogen and oxygen atoms in total. The lowest BCUT2D eigenvalue weighted by atomic mass is 9.86. The molecule has 2 bridgehead atoms. The van der Waals surface area contributed by atoms with Crippen LogP contribution in [0.5, 0.6) is 11.5 Å². The fraction of sp³-hybridized carbons (Fsp3) is 0.222. The van der Waals surface area contributed by atoms with E-state index in [-0.39, 0.29) is 26.4 Å². The number of alkyl carbamates (subject to hydrolysis) is 1. The number of rotatable bonds is 10. The molecule has 3 aliphatic heterocycles. The number of fused-ring (bicyclic) bond motifs is 4. The molecule has 0 aliphatic carbocycles. The number of imide groups is 1. The van der Waals surface area contributed by atoms with Crippen molar-refractivity contribution in [3.8, 4) is 33.8 Å². The SMILES string of the molecule is CN1CC(=O)N(COC(=O)[C@](C)(Cc2cc3c(-c4ccccc4)c(-c4ccccc4)c2OCO3)NC(=O)OCc2ccccc2)C1=O. The summed E-state index contributed by atoms with van der Waals surface area (Å²) in [5.41, 5.74) is 2.96. The van der Waals surface area contributed by atoms with Crippen molar-refractivity contribution in [2.75, 3.05) is 27.1 Å². The maximum atomic E-state index is 13.8. The minimum absolute atomic E-state index is 0.0306. The first-order valence-electron chi connectivity index (χ1n) is 15.0. The predicted octanol–water partition coefficient (Wildman–Crippen LogP) is 5.37. The molecule has 0 spiro atoms. The Kier molecular flexibility index (Phi) is 8.79. The first-order valence-corrected chi connectivity index (χ1v) is 15.0. The molecule has 4 aromatic carbocycles. The summed E-state index contributed by atoms with van der Waals surface area (Å²) >= 11 is 0. The van der Waals surface area contributed by atoms with E-state index in [0.717, 1.165) is 32.7 Å². The standard InChI is InChI=1S/C36H33N3O8/c1-36(37-34(42)44-21-24-12-6-3-7-13-24,33(41)45-22-39-29(40)20-38(2)35(39)43)19-27-18-28-30(25-14-8-4-9-15-25)31(32(27)47-23-46-28)26-16-10-5-11-17-26/h3-18H,19-23H2,1-2H3,(H,37,42)/t36-/m0/s1. The Balaban J connectivity index is 1.36. The molecule has 1 fully saturated rings. The van der Waals surface area contributed by atoms with Gasteiger partial charge in [0.15, 0.2) is 6.73 Å². The number of amides is 4. The van der Waals surface area contributed by atoms with Gasteiger partial charge in [-0.3, -0.25) is 4.79 Å². The Hall–Kier alpha value is -5.84. The monoisotopic (exact) mass is 635 g/mol. The third kappa shape index (κ3) is 6.60. The highest BCUT2D eigenvalue weighted by Crippen LogP contribution is 2.49. The van der Waals surface area contributed by atoms with Crippen molar-refractivity contribution in [2.45, 2.75) is 25.5 Å². The maximum Gasteiger partial charge on any atom is 0.408 e. The van der Waals surface area contributed by atoms with E-state index < -0.39 is 36.3 Å². The lowest BCUT2D eigenvalue weighted by molar-refractivity contribution is -0.155. The van der Waals surface area contributed by atoms with Crippen molar-refractivity contribution >= 4 is 24.0 Å². The topological polar surface area (TPSA) is 124 Å². The van der Waals surface area contributed by atoms with Gasteiger partial charge in [-0.15, -0.1) is 0 Å². The summed E-state index contributed by atoms with van der Waals surface area (Å²) in [5.74, 6) is -0.383. The summed E-state index contributed by atoms with van der Waals surface area (Å²) in [7, 11) is 1.47. The van der Waals surface area contributed by atoms with Crippen molar-refractivity contribution in [3.63, 3.8) is 0 Å². The number of nitrogens with one attached hydrogen (secondary N) is 1. The number of hydrogen-bond acceptors (Lipinski definition) is 8.